The molecule has 0 saturated carbocycles. The molecule has 1 aliphatic heterocycles. The number of imide groups is 2. The van der Waals surface area contributed by atoms with Crippen molar-refractivity contribution < 1.29 is 39.4 Å². The third-order valence-corrected chi connectivity index (χ3v) is 3.00. The molecule has 0 aromatic carbocycles. The van der Waals surface area contributed by atoms with Gasteiger partial charge in [-0.05, 0) is 12.8 Å². The molecule has 3 N–H and O–H groups in total. The van der Waals surface area contributed by atoms with Crippen molar-refractivity contribution in [2.24, 2.45) is 5.16 Å². The van der Waals surface area contributed by atoms with E-state index in [-0.39, 0.29) is 38.8 Å². The van der Waals surface area contributed by atoms with Crippen LogP contribution in [0.1, 0.15) is 25.7 Å². The summed E-state index contributed by atoms with van der Waals surface area (Å²) in [6, 6.07) is -0.997. The number of oxime groups is 1. The van der Waals surface area contributed by atoms with Crippen LogP contribution in [0.15, 0.2) is 5.16 Å². The van der Waals surface area contributed by atoms with Crippen molar-refractivity contribution in [3.8, 4) is 0 Å². The van der Waals surface area contributed by atoms with Gasteiger partial charge in [-0.1, -0.05) is 5.16 Å². The number of hydrogen-bond donors (Lipinski definition) is 3. The van der Waals surface area contributed by atoms with Crippen molar-refractivity contribution in [3.63, 3.8) is 0 Å². The van der Waals surface area contributed by atoms with Crippen molar-refractivity contribution in [1.29, 1.82) is 0 Å². The summed E-state index contributed by atoms with van der Waals surface area (Å²) >= 11 is 0. The molecule has 126 valence electrons. The molecule has 0 spiro atoms. The first-order valence-electron chi connectivity index (χ1n) is 6.63. The highest BCUT2D eigenvalue weighted by Crippen LogP contribution is 2.13. The third kappa shape index (κ3) is 4.49. The van der Waals surface area contributed by atoms with E-state index in [0.717, 1.165) is 0 Å². The Hall–Kier alpha value is -2.98. The maximum atomic E-state index is 12.1. The van der Waals surface area contributed by atoms with Crippen LogP contribution in [0.2, 0.25) is 0 Å². The summed E-state index contributed by atoms with van der Waals surface area (Å²) in [7, 11) is 0. The lowest BCUT2D eigenvalue weighted by molar-refractivity contribution is -0.138. The minimum absolute atomic E-state index is 0.0390. The molecule has 0 atom stereocenters. The second kappa shape index (κ2) is 7.87. The fraction of sp³-hybridized carbons (Fsp3) is 0.500. The van der Waals surface area contributed by atoms with E-state index in [1.807, 2.05) is 0 Å². The highest BCUT2D eigenvalue weighted by Gasteiger charge is 2.43. The minimum atomic E-state index is -1.12. The van der Waals surface area contributed by atoms with Gasteiger partial charge in [-0.15, -0.1) is 0 Å². The Morgan fingerprint density at radius 2 is 1.26 bits per heavy atom. The molecule has 1 heterocycles. The molecule has 0 bridgehead atoms. The maximum Gasteiger partial charge on any atom is 0.334 e. The lowest BCUT2D eigenvalue weighted by Gasteiger charge is -2.32. The Bertz CT molecular complexity index is 527. The smallest absolute Gasteiger partial charge is 0.334 e. The fourth-order valence-corrected chi connectivity index (χ4v) is 1.92. The van der Waals surface area contributed by atoms with Crippen LogP contribution in [0.25, 0.3) is 0 Å². The van der Waals surface area contributed by atoms with E-state index in [9.17, 15) is 24.0 Å². The molecule has 11 heteroatoms. The van der Waals surface area contributed by atoms with Crippen LogP contribution in [0.5, 0.6) is 0 Å². The summed E-state index contributed by atoms with van der Waals surface area (Å²) in [6.07, 6.45) is -0.670. The molecule has 1 saturated heterocycles. The Morgan fingerprint density at radius 3 is 1.57 bits per heavy atom. The number of nitrogens with zero attached hydrogens (tertiary/aromatic N) is 3. The first-order valence-corrected chi connectivity index (χ1v) is 6.63. The number of carbonyl (C=O) groups excluding carboxylic acids is 3. The van der Waals surface area contributed by atoms with Crippen LogP contribution in [0.4, 0.5) is 4.79 Å². The van der Waals surface area contributed by atoms with E-state index >= 15 is 0 Å². The van der Waals surface area contributed by atoms with Crippen molar-refractivity contribution in [2.45, 2.75) is 25.7 Å². The quantitative estimate of drug-likeness (QED) is 0.390. The number of rotatable bonds is 8. The van der Waals surface area contributed by atoms with Gasteiger partial charge in [-0.3, -0.25) is 29.0 Å². The third-order valence-electron chi connectivity index (χ3n) is 3.00. The van der Waals surface area contributed by atoms with Crippen LogP contribution in [-0.4, -0.2) is 73.8 Å². The van der Waals surface area contributed by atoms with Gasteiger partial charge in [-0.25, -0.2) is 4.79 Å². The molecule has 11 nitrogen and oxygen atoms in total. The topological polar surface area (TPSA) is 165 Å². The maximum absolute atomic E-state index is 12.1. The van der Waals surface area contributed by atoms with Crippen LogP contribution in [0.3, 0.4) is 0 Å². The van der Waals surface area contributed by atoms with Crippen molar-refractivity contribution in [1.82, 2.24) is 9.80 Å². The monoisotopic (exact) mass is 329 g/mol. The number of carbonyl (C=O) groups is 5. The van der Waals surface area contributed by atoms with E-state index < -0.39 is 35.5 Å². The molecule has 0 aromatic heterocycles. The van der Waals surface area contributed by atoms with Crippen LogP contribution in [0, 0.1) is 0 Å². The molecule has 23 heavy (non-hydrogen) atoms. The molecule has 0 unspecified atom stereocenters. The van der Waals surface area contributed by atoms with Gasteiger partial charge < -0.3 is 15.4 Å². The Kier molecular flexibility index (Phi) is 6.18. The van der Waals surface area contributed by atoms with Crippen LogP contribution < -0.4 is 0 Å². The molecule has 1 rings (SSSR count). The van der Waals surface area contributed by atoms with Crippen molar-refractivity contribution >= 4 is 35.5 Å². The lowest BCUT2D eigenvalue weighted by Crippen LogP contribution is -2.60. The van der Waals surface area contributed by atoms with Gasteiger partial charge in [-0.2, -0.15) is 0 Å². The zero-order valence-electron chi connectivity index (χ0n) is 12.0. The molecule has 4 amide bonds. The van der Waals surface area contributed by atoms with E-state index in [4.69, 9.17) is 15.4 Å². The number of aliphatic carboxylic acids is 2. The number of carboxylic acids is 2. The summed E-state index contributed by atoms with van der Waals surface area (Å²) in [6.45, 7) is -0.544. The highest BCUT2D eigenvalue weighted by atomic mass is 16.4. The van der Waals surface area contributed by atoms with Gasteiger partial charge in [0.15, 0.2) is 0 Å². The zero-order valence-corrected chi connectivity index (χ0v) is 12.0. The average Bonchev–Trinajstić information content (AvgIpc) is 2.46. The van der Waals surface area contributed by atoms with Gasteiger partial charge in [0.05, 0.1) is 0 Å². The molecule has 0 aliphatic carbocycles. The molecule has 0 aromatic rings. The molecular weight excluding hydrogens is 314 g/mol. The highest BCUT2D eigenvalue weighted by molar-refractivity contribution is 6.68. The van der Waals surface area contributed by atoms with Gasteiger partial charge in [0.1, 0.15) is 0 Å². The Labute approximate surface area is 129 Å². The van der Waals surface area contributed by atoms with Crippen LogP contribution >= 0.6 is 0 Å². The van der Waals surface area contributed by atoms with Crippen LogP contribution in [-0.2, 0) is 19.2 Å². The van der Waals surface area contributed by atoms with Crippen molar-refractivity contribution in [3.05, 3.63) is 0 Å². The number of urea groups is 1. The second-order valence-electron chi connectivity index (χ2n) is 4.64. The Morgan fingerprint density at radius 1 is 0.870 bits per heavy atom. The number of barbiturate groups is 1. The normalized spacial score (nSPS) is 15.1. The van der Waals surface area contributed by atoms with E-state index in [2.05, 4.69) is 5.16 Å². The first kappa shape index (κ1) is 18.1. The molecule has 1 aliphatic rings. The second-order valence-corrected chi connectivity index (χ2v) is 4.64. The fourth-order valence-electron chi connectivity index (χ4n) is 1.92. The number of amides is 4. The van der Waals surface area contributed by atoms with Gasteiger partial charge in [0, 0.05) is 25.9 Å². The number of carboxylic acid groups (broad SMARTS) is 2. The standard InChI is InChI=1S/C12H15N3O8/c16-7(17)3-1-5-14-10(20)9(13-23)11(21)15(12(14)22)6-2-4-8(18)19/h23H,1-6H2,(H,16,17)(H,18,19). The summed E-state index contributed by atoms with van der Waals surface area (Å²) in [5.74, 6) is -4.48. The predicted octanol–water partition coefficient (Wildman–Crippen LogP) is -0.663. The number of hydrogen-bond acceptors (Lipinski definition) is 7. The van der Waals surface area contributed by atoms with Crippen molar-refractivity contribution in [2.75, 3.05) is 13.1 Å². The summed E-state index contributed by atoms with van der Waals surface area (Å²) in [4.78, 5) is 58.1. The average molecular weight is 329 g/mol. The predicted molar refractivity (Wildman–Crippen MR) is 71.8 cm³/mol. The first-order chi connectivity index (χ1) is 10.8. The lowest BCUT2D eigenvalue weighted by atomic mass is 10.2. The summed E-state index contributed by atoms with van der Waals surface area (Å²) in [5.41, 5.74) is -0.879. The van der Waals surface area contributed by atoms with E-state index in [0.29, 0.717) is 9.80 Å². The summed E-state index contributed by atoms with van der Waals surface area (Å²) < 4.78 is 0. The van der Waals surface area contributed by atoms with Gasteiger partial charge >= 0.3 is 18.0 Å². The molecule has 0 radical (unpaired) electrons. The zero-order chi connectivity index (χ0) is 17.6. The minimum Gasteiger partial charge on any atom is -0.481 e. The molecule has 1 fully saturated rings. The van der Waals surface area contributed by atoms with Gasteiger partial charge in [0.25, 0.3) is 11.8 Å². The van der Waals surface area contributed by atoms with E-state index in [1.165, 1.54) is 0 Å². The molecular formula is C12H15N3O8. The summed E-state index contributed by atoms with van der Waals surface area (Å²) in [5, 5.41) is 28.5. The largest absolute Gasteiger partial charge is 0.481 e. The van der Waals surface area contributed by atoms with E-state index in [1.54, 1.807) is 0 Å². The van der Waals surface area contributed by atoms with Gasteiger partial charge in [0.2, 0.25) is 5.71 Å². The SMILES string of the molecule is O=C(O)CCCN1C(=O)C(=NO)C(=O)N(CCCC(=O)O)C1=O. The Balaban J connectivity index is 2.86.